The van der Waals surface area contributed by atoms with E-state index >= 15 is 0 Å². The number of non-ortho nitro benzene ring substituents is 2. The van der Waals surface area contributed by atoms with E-state index in [1.807, 2.05) is 0 Å². The molecule has 0 radical (unpaired) electrons. The van der Waals surface area contributed by atoms with E-state index in [9.17, 15) is 24.8 Å². The van der Waals surface area contributed by atoms with Crippen LogP contribution in [0.4, 0.5) is 11.4 Å². The Kier molecular flexibility index (Phi) is 4.65. The molecule has 0 atom stereocenters. The molecular weight excluding hydrogens is 347 g/mol. The summed E-state index contributed by atoms with van der Waals surface area (Å²) in [5.41, 5.74) is -0.420. The normalized spacial score (nSPS) is 14.2. The van der Waals surface area contributed by atoms with Gasteiger partial charge in [0.1, 0.15) is 0 Å². The van der Waals surface area contributed by atoms with Crippen LogP contribution in [0.25, 0.3) is 0 Å². The van der Waals surface area contributed by atoms with E-state index in [1.54, 1.807) is 0 Å². The van der Waals surface area contributed by atoms with Gasteiger partial charge in [-0.1, -0.05) is 12.1 Å². The Bertz CT molecular complexity index is 819. The van der Waals surface area contributed by atoms with Gasteiger partial charge >= 0.3 is 0 Å². The molecule has 1 aliphatic carbocycles. The maximum Gasteiger partial charge on any atom is 0.270 e. The van der Waals surface area contributed by atoms with Gasteiger partial charge in [0.25, 0.3) is 18.7 Å². The van der Waals surface area contributed by atoms with Crippen LogP contribution in [-0.2, 0) is 9.09 Å². The van der Waals surface area contributed by atoms with E-state index in [2.05, 4.69) is 0 Å². The summed E-state index contributed by atoms with van der Waals surface area (Å²) in [6.07, 6.45) is 1.95. The molecule has 0 spiro atoms. The fraction of sp³-hybridized carbons (Fsp3) is 0.250. The lowest BCUT2D eigenvalue weighted by Gasteiger charge is -2.19. The van der Waals surface area contributed by atoms with Crippen molar-refractivity contribution in [2.24, 2.45) is 5.92 Å². The van der Waals surface area contributed by atoms with Gasteiger partial charge in [-0.2, -0.15) is 0 Å². The van der Waals surface area contributed by atoms with E-state index in [4.69, 9.17) is 4.52 Å². The van der Waals surface area contributed by atoms with Gasteiger partial charge in [0.05, 0.1) is 16.5 Å². The molecular formula is C16H15N2O6P. The molecule has 1 saturated carbocycles. The molecule has 0 aliphatic heterocycles. The molecule has 3 rings (SSSR count). The van der Waals surface area contributed by atoms with E-state index in [-0.39, 0.29) is 28.6 Å². The zero-order chi connectivity index (χ0) is 18.0. The second-order valence-corrected chi connectivity index (χ2v) is 8.24. The van der Waals surface area contributed by atoms with Crippen molar-refractivity contribution < 1.29 is 18.9 Å². The van der Waals surface area contributed by atoms with Crippen LogP contribution in [-0.4, -0.2) is 16.5 Å². The minimum Gasteiger partial charge on any atom is -0.322 e. The lowest BCUT2D eigenvalue weighted by atomic mass is 10.3. The molecule has 1 fully saturated rings. The summed E-state index contributed by atoms with van der Waals surface area (Å²) in [7, 11) is -3.68. The number of nitro benzene ring substituents is 2. The third kappa shape index (κ3) is 3.75. The summed E-state index contributed by atoms with van der Waals surface area (Å²) in [5, 5.41) is 22.4. The highest BCUT2D eigenvalue weighted by Crippen LogP contribution is 2.47. The van der Waals surface area contributed by atoms with Crippen molar-refractivity contribution in [1.29, 1.82) is 0 Å². The van der Waals surface area contributed by atoms with E-state index < -0.39 is 17.2 Å². The van der Waals surface area contributed by atoms with Crippen LogP contribution >= 0.6 is 7.37 Å². The predicted molar refractivity (Wildman–Crippen MR) is 91.7 cm³/mol. The Hall–Kier alpha value is -2.57. The topological polar surface area (TPSA) is 113 Å². The summed E-state index contributed by atoms with van der Waals surface area (Å²) >= 11 is 0. The van der Waals surface area contributed by atoms with Crippen LogP contribution in [0.15, 0.2) is 48.5 Å². The molecule has 0 unspecified atom stereocenters. The van der Waals surface area contributed by atoms with Crippen molar-refractivity contribution >= 4 is 29.4 Å². The minimum absolute atomic E-state index is 0.155. The fourth-order valence-corrected chi connectivity index (χ4v) is 4.56. The number of hydrogen-bond acceptors (Lipinski definition) is 6. The maximum atomic E-state index is 13.6. The van der Waals surface area contributed by atoms with Crippen LogP contribution in [0.3, 0.4) is 0 Å². The highest BCUT2D eigenvalue weighted by atomic mass is 31.2. The summed E-state index contributed by atoms with van der Waals surface area (Å²) in [4.78, 5) is 20.9. The van der Waals surface area contributed by atoms with Crippen molar-refractivity contribution in [3.63, 3.8) is 0 Å². The van der Waals surface area contributed by atoms with Gasteiger partial charge < -0.3 is 4.52 Å². The van der Waals surface area contributed by atoms with Crippen LogP contribution < -0.4 is 10.6 Å². The van der Waals surface area contributed by atoms with Crippen molar-refractivity contribution in [3.8, 4) is 0 Å². The van der Waals surface area contributed by atoms with Gasteiger partial charge in [-0.25, -0.2) is 0 Å². The fourth-order valence-electron chi connectivity index (χ4n) is 2.37. The molecule has 0 saturated heterocycles. The molecule has 9 heteroatoms. The third-order valence-corrected chi connectivity index (χ3v) is 6.38. The summed E-state index contributed by atoms with van der Waals surface area (Å²) in [6, 6.07) is 10.8. The van der Waals surface area contributed by atoms with Crippen molar-refractivity contribution in [2.45, 2.75) is 12.8 Å². The van der Waals surface area contributed by atoms with Gasteiger partial charge in [0.2, 0.25) is 0 Å². The first-order valence-corrected chi connectivity index (χ1v) is 9.27. The Balaban J connectivity index is 2.07. The number of hydrogen-bond donors (Lipinski definition) is 0. The van der Waals surface area contributed by atoms with Crippen LogP contribution in [0.2, 0.25) is 0 Å². The average Bonchev–Trinajstić information content (AvgIpc) is 3.44. The average molecular weight is 362 g/mol. The second kappa shape index (κ2) is 6.74. The number of benzene rings is 2. The second-order valence-electron chi connectivity index (χ2n) is 5.84. The molecule has 2 aromatic rings. The van der Waals surface area contributed by atoms with E-state index in [0.29, 0.717) is 5.92 Å². The van der Waals surface area contributed by atoms with Crippen molar-refractivity contribution in [1.82, 2.24) is 0 Å². The molecule has 0 bridgehead atoms. The Morgan fingerprint density at radius 3 is 1.84 bits per heavy atom. The number of rotatable bonds is 7. The zero-order valence-electron chi connectivity index (χ0n) is 13.1. The molecule has 1 aliphatic rings. The largest absolute Gasteiger partial charge is 0.322 e. The quantitative estimate of drug-likeness (QED) is 0.425. The lowest BCUT2D eigenvalue weighted by molar-refractivity contribution is -0.384. The van der Waals surface area contributed by atoms with Gasteiger partial charge in [-0.05, 0) is 30.9 Å². The number of nitro groups is 2. The van der Waals surface area contributed by atoms with E-state index in [1.165, 1.54) is 48.5 Å². The maximum absolute atomic E-state index is 13.6. The Morgan fingerprint density at radius 2 is 1.44 bits per heavy atom. The molecule has 0 heterocycles. The van der Waals surface area contributed by atoms with Gasteiger partial charge in [0, 0.05) is 34.9 Å². The van der Waals surface area contributed by atoms with Gasteiger partial charge in [0.15, 0.2) is 0 Å². The summed E-state index contributed by atoms with van der Waals surface area (Å²) in [6.45, 7) is 0.253. The van der Waals surface area contributed by atoms with Crippen LogP contribution in [0, 0.1) is 26.1 Å². The highest BCUT2D eigenvalue weighted by molar-refractivity contribution is 7.74. The molecule has 2 aromatic carbocycles. The third-order valence-electron chi connectivity index (χ3n) is 3.95. The van der Waals surface area contributed by atoms with Crippen molar-refractivity contribution in [2.75, 3.05) is 6.61 Å². The molecule has 0 amide bonds. The molecule has 130 valence electrons. The highest BCUT2D eigenvalue weighted by Gasteiger charge is 2.34. The number of nitrogens with zero attached hydrogens (tertiary/aromatic N) is 2. The molecule has 25 heavy (non-hydrogen) atoms. The standard InChI is InChI=1S/C16H15N2O6P/c19-17(20)13-3-1-5-15(9-13)25(23,24-11-12-7-8-12)16-6-2-4-14(10-16)18(21)22/h1-6,9-10,12H,7-8,11H2. The monoisotopic (exact) mass is 362 g/mol. The predicted octanol–water partition coefficient (Wildman–Crippen LogP) is 3.16. The first kappa shape index (κ1) is 17.3. The molecule has 0 aromatic heterocycles. The summed E-state index contributed by atoms with van der Waals surface area (Å²) in [5.74, 6) is 0.311. The molecule has 8 nitrogen and oxygen atoms in total. The minimum atomic E-state index is -3.68. The summed E-state index contributed by atoms with van der Waals surface area (Å²) < 4.78 is 19.3. The SMILES string of the molecule is O=[N+]([O-])c1cccc(P(=O)(OCC2CC2)c2cccc([N+](=O)[O-])c2)c1. The first-order valence-electron chi connectivity index (χ1n) is 7.65. The Labute approximate surface area is 143 Å². The van der Waals surface area contributed by atoms with Gasteiger partial charge in [-0.15, -0.1) is 0 Å². The van der Waals surface area contributed by atoms with Crippen LogP contribution in [0.1, 0.15) is 12.8 Å². The smallest absolute Gasteiger partial charge is 0.270 e. The van der Waals surface area contributed by atoms with Crippen LogP contribution in [0.5, 0.6) is 0 Å². The zero-order valence-corrected chi connectivity index (χ0v) is 14.0. The Morgan fingerprint density at radius 1 is 0.960 bits per heavy atom. The van der Waals surface area contributed by atoms with Gasteiger partial charge in [-0.3, -0.25) is 24.8 Å². The molecule has 0 N–H and O–H groups in total. The lowest BCUT2D eigenvalue weighted by Crippen LogP contribution is -2.20. The first-order chi connectivity index (χ1) is 11.9. The van der Waals surface area contributed by atoms with E-state index in [0.717, 1.165) is 12.8 Å². The van der Waals surface area contributed by atoms with Crippen molar-refractivity contribution in [3.05, 3.63) is 68.8 Å².